The van der Waals surface area contributed by atoms with Crippen LogP contribution >= 0.6 is 0 Å². The predicted molar refractivity (Wildman–Crippen MR) is 100.0 cm³/mol. The van der Waals surface area contributed by atoms with Gasteiger partial charge in [0.2, 0.25) is 0 Å². The minimum absolute atomic E-state index is 0.220. The fourth-order valence-corrected chi connectivity index (χ4v) is 2.48. The lowest BCUT2D eigenvalue weighted by Crippen LogP contribution is -2.40. The van der Waals surface area contributed by atoms with E-state index >= 15 is 0 Å². The molecule has 0 unspecified atom stereocenters. The number of benzene rings is 1. The number of aryl methyl sites for hydroxylation is 1. The molecule has 0 radical (unpaired) electrons. The molecular formula is C20H25N3O2. The van der Waals surface area contributed by atoms with Gasteiger partial charge in [-0.05, 0) is 64.4 Å². The Morgan fingerprint density at radius 1 is 1.16 bits per heavy atom. The molecule has 1 N–H and O–H groups in total. The molecule has 2 amide bonds. The van der Waals surface area contributed by atoms with Crippen LogP contribution in [-0.2, 0) is 0 Å². The van der Waals surface area contributed by atoms with Gasteiger partial charge in [-0.1, -0.05) is 12.1 Å². The summed E-state index contributed by atoms with van der Waals surface area (Å²) in [7, 11) is 0. The number of anilines is 1. The summed E-state index contributed by atoms with van der Waals surface area (Å²) in [4.78, 5) is 31.0. The van der Waals surface area contributed by atoms with Crippen molar-refractivity contribution in [3.63, 3.8) is 0 Å². The highest BCUT2D eigenvalue weighted by atomic mass is 16.2. The van der Waals surface area contributed by atoms with Gasteiger partial charge in [0, 0.05) is 29.5 Å². The van der Waals surface area contributed by atoms with E-state index in [1.807, 2.05) is 58.9 Å². The lowest BCUT2D eigenvalue weighted by atomic mass is 10.1. The van der Waals surface area contributed by atoms with Crippen molar-refractivity contribution in [1.82, 2.24) is 10.3 Å². The van der Waals surface area contributed by atoms with Crippen LogP contribution in [-0.4, -0.2) is 28.9 Å². The Bertz CT molecular complexity index is 779. The van der Waals surface area contributed by atoms with Gasteiger partial charge in [0.25, 0.3) is 11.8 Å². The number of carbonyl (C=O) groups excluding carboxylic acids is 2. The second-order valence-electron chi connectivity index (χ2n) is 7.02. The molecule has 2 aromatic rings. The Balaban J connectivity index is 2.29. The number of carbonyl (C=O) groups is 2. The lowest BCUT2D eigenvalue weighted by Gasteiger charge is -2.22. The molecule has 0 aliphatic heterocycles. The number of nitrogens with one attached hydrogen (secondary N) is 1. The second kappa shape index (κ2) is 7.47. The number of amides is 2. The number of rotatable bonds is 4. The first-order valence-corrected chi connectivity index (χ1v) is 8.38. The van der Waals surface area contributed by atoms with Crippen molar-refractivity contribution in [2.45, 2.75) is 40.2 Å². The molecule has 0 bridgehead atoms. The third kappa shape index (κ3) is 4.89. The van der Waals surface area contributed by atoms with E-state index in [4.69, 9.17) is 0 Å². The Hall–Kier alpha value is -2.69. The second-order valence-corrected chi connectivity index (χ2v) is 7.02. The van der Waals surface area contributed by atoms with Crippen LogP contribution in [0.15, 0.2) is 42.6 Å². The number of nitrogens with zero attached hydrogens (tertiary/aromatic N) is 2. The van der Waals surface area contributed by atoms with E-state index in [1.165, 1.54) is 6.20 Å². The summed E-state index contributed by atoms with van der Waals surface area (Å²) in [5.74, 6) is -0.443. The molecule has 0 spiro atoms. The summed E-state index contributed by atoms with van der Waals surface area (Å²) in [6.07, 6.45) is 1.49. The van der Waals surface area contributed by atoms with Crippen LogP contribution < -0.4 is 10.2 Å². The number of hydrogen-bond acceptors (Lipinski definition) is 3. The molecule has 132 valence electrons. The number of hydrogen-bond donors (Lipinski definition) is 1. The van der Waals surface area contributed by atoms with Crippen molar-refractivity contribution in [3.05, 3.63) is 59.4 Å². The van der Waals surface area contributed by atoms with Crippen LogP contribution in [0.3, 0.4) is 0 Å². The maximum atomic E-state index is 12.9. The van der Waals surface area contributed by atoms with Gasteiger partial charge in [0.1, 0.15) is 5.69 Å². The highest BCUT2D eigenvalue weighted by molar-refractivity contribution is 6.06. The van der Waals surface area contributed by atoms with Crippen LogP contribution in [0.5, 0.6) is 0 Å². The van der Waals surface area contributed by atoms with Gasteiger partial charge in [-0.3, -0.25) is 14.6 Å². The van der Waals surface area contributed by atoms with Crippen molar-refractivity contribution in [1.29, 1.82) is 0 Å². The summed E-state index contributed by atoms with van der Waals surface area (Å²) in [5, 5.41) is 2.89. The standard InChI is InChI=1S/C20H25N3O2/c1-6-23(16-9-7-8-14(2)12-16)19(25)17-13-15(10-11-21-17)18(24)22-20(3,4)5/h7-13H,6H2,1-5H3,(H,22,24). The third-order valence-corrected chi connectivity index (χ3v) is 3.60. The molecular weight excluding hydrogens is 314 g/mol. The average Bonchev–Trinajstić information content (AvgIpc) is 2.54. The van der Waals surface area contributed by atoms with Crippen molar-refractivity contribution < 1.29 is 9.59 Å². The van der Waals surface area contributed by atoms with Gasteiger partial charge < -0.3 is 10.2 Å². The highest BCUT2D eigenvalue weighted by Crippen LogP contribution is 2.18. The molecule has 1 heterocycles. The summed E-state index contributed by atoms with van der Waals surface area (Å²) in [6.45, 7) is 10.1. The molecule has 0 aliphatic carbocycles. The first kappa shape index (κ1) is 18.6. The summed E-state index contributed by atoms with van der Waals surface area (Å²) in [5.41, 5.74) is 2.23. The third-order valence-electron chi connectivity index (χ3n) is 3.60. The quantitative estimate of drug-likeness (QED) is 0.926. The topological polar surface area (TPSA) is 62.3 Å². The fourth-order valence-electron chi connectivity index (χ4n) is 2.48. The molecule has 5 nitrogen and oxygen atoms in total. The van der Waals surface area contributed by atoms with Crippen molar-refractivity contribution >= 4 is 17.5 Å². The lowest BCUT2D eigenvalue weighted by molar-refractivity contribution is 0.0919. The van der Waals surface area contributed by atoms with Crippen LogP contribution in [0.25, 0.3) is 0 Å². The highest BCUT2D eigenvalue weighted by Gasteiger charge is 2.20. The van der Waals surface area contributed by atoms with Crippen LogP contribution in [0.2, 0.25) is 0 Å². The first-order chi connectivity index (χ1) is 11.7. The monoisotopic (exact) mass is 339 g/mol. The van der Waals surface area contributed by atoms with E-state index in [9.17, 15) is 9.59 Å². The maximum absolute atomic E-state index is 12.9. The minimum atomic E-state index is -0.346. The van der Waals surface area contributed by atoms with Gasteiger partial charge in [-0.2, -0.15) is 0 Å². The van der Waals surface area contributed by atoms with E-state index in [1.54, 1.807) is 17.0 Å². The zero-order chi connectivity index (χ0) is 18.6. The normalized spacial score (nSPS) is 11.1. The molecule has 0 atom stereocenters. The smallest absolute Gasteiger partial charge is 0.276 e. The largest absolute Gasteiger partial charge is 0.347 e. The minimum Gasteiger partial charge on any atom is -0.347 e. The van der Waals surface area contributed by atoms with E-state index < -0.39 is 0 Å². The SMILES string of the molecule is CCN(C(=O)c1cc(C(=O)NC(C)(C)C)ccn1)c1cccc(C)c1. The summed E-state index contributed by atoms with van der Waals surface area (Å²) < 4.78 is 0. The van der Waals surface area contributed by atoms with Crippen LogP contribution in [0, 0.1) is 6.92 Å². The number of aromatic nitrogens is 1. The van der Waals surface area contributed by atoms with E-state index in [0.29, 0.717) is 12.1 Å². The van der Waals surface area contributed by atoms with Crippen molar-refractivity contribution in [2.24, 2.45) is 0 Å². The predicted octanol–water partition coefficient (Wildman–Crippen LogP) is 3.59. The van der Waals surface area contributed by atoms with Crippen LogP contribution in [0.1, 0.15) is 54.1 Å². The van der Waals surface area contributed by atoms with Gasteiger partial charge in [-0.25, -0.2) is 0 Å². The van der Waals surface area contributed by atoms with Gasteiger partial charge >= 0.3 is 0 Å². The van der Waals surface area contributed by atoms with Crippen LogP contribution in [0.4, 0.5) is 5.69 Å². The Labute approximate surface area is 149 Å². The zero-order valence-electron chi connectivity index (χ0n) is 15.5. The average molecular weight is 339 g/mol. The molecule has 5 heteroatoms. The molecule has 0 saturated heterocycles. The maximum Gasteiger partial charge on any atom is 0.276 e. The molecule has 0 fully saturated rings. The molecule has 0 saturated carbocycles. The Morgan fingerprint density at radius 3 is 2.48 bits per heavy atom. The summed E-state index contributed by atoms with van der Waals surface area (Å²) >= 11 is 0. The van der Waals surface area contributed by atoms with Gasteiger partial charge in [-0.15, -0.1) is 0 Å². The Morgan fingerprint density at radius 2 is 1.88 bits per heavy atom. The Kier molecular flexibility index (Phi) is 5.57. The zero-order valence-corrected chi connectivity index (χ0v) is 15.5. The molecule has 1 aromatic carbocycles. The molecule has 0 aliphatic rings. The van der Waals surface area contributed by atoms with E-state index in [2.05, 4.69) is 10.3 Å². The van der Waals surface area contributed by atoms with Gasteiger partial charge in [0.15, 0.2) is 0 Å². The molecule has 1 aromatic heterocycles. The van der Waals surface area contributed by atoms with E-state index in [0.717, 1.165) is 11.3 Å². The molecule has 25 heavy (non-hydrogen) atoms. The van der Waals surface area contributed by atoms with Crippen molar-refractivity contribution in [3.8, 4) is 0 Å². The summed E-state index contributed by atoms with van der Waals surface area (Å²) in [6, 6.07) is 10.9. The molecule has 2 rings (SSSR count). The first-order valence-electron chi connectivity index (χ1n) is 8.38. The van der Waals surface area contributed by atoms with Crippen molar-refractivity contribution in [2.75, 3.05) is 11.4 Å². The van der Waals surface area contributed by atoms with E-state index in [-0.39, 0.29) is 23.0 Å². The number of pyridine rings is 1. The van der Waals surface area contributed by atoms with Gasteiger partial charge in [0.05, 0.1) is 0 Å². The fraction of sp³-hybridized carbons (Fsp3) is 0.350.